The molecule has 0 aliphatic carbocycles. The van der Waals surface area contributed by atoms with Crippen molar-refractivity contribution in [2.75, 3.05) is 43.1 Å². The fourth-order valence-corrected chi connectivity index (χ4v) is 2.94. The van der Waals surface area contributed by atoms with Gasteiger partial charge in [-0.3, -0.25) is 0 Å². The normalized spacial score (nSPS) is 15.4. The second kappa shape index (κ2) is 6.78. The molecule has 134 valence electrons. The van der Waals surface area contributed by atoms with Gasteiger partial charge in [0, 0.05) is 38.4 Å². The maximum atomic E-state index is 13.3. The van der Waals surface area contributed by atoms with Gasteiger partial charge in [-0.15, -0.1) is 0 Å². The number of anilines is 2. The summed E-state index contributed by atoms with van der Waals surface area (Å²) in [5, 5.41) is 0. The number of halogens is 4. The molecule has 0 atom stereocenters. The van der Waals surface area contributed by atoms with Gasteiger partial charge < -0.3 is 14.5 Å². The minimum atomic E-state index is -4.44. The van der Waals surface area contributed by atoms with E-state index in [-0.39, 0.29) is 5.82 Å². The standard InChI is InChI=1S/C17H17F4N3O/c1-25-15-11-12(18)4-5-14(15)23-7-9-24(10-8-23)16-13(17(19,20)21)3-2-6-22-16/h2-6,11H,7-10H2,1H3. The third kappa shape index (κ3) is 3.62. The minimum Gasteiger partial charge on any atom is -0.494 e. The summed E-state index contributed by atoms with van der Waals surface area (Å²) in [5.41, 5.74) is -0.0107. The van der Waals surface area contributed by atoms with Crippen molar-refractivity contribution in [2.24, 2.45) is 0 Å². The molecule has 2 heterocycles. The lowest BCUT2D eigenvalue weighted by molar-refractivity contribution is -0.137. The van der Waals surface area contributed by atoms with E-state index in [1.54, 1.807) is 11.0 Å². The first-order valence-corrected chi connectivity index (χ1v) is 7.76. The molecule has 1 saturated heterocycles. The molecule has 1 aromatic heterocycles. The number of piperazine rings is 1. The van der Waals surface area contributed by atoms with Crippen LogP contribution >= 0.6 is 0 Å². The molecule has 0 bridgehead atoms. The van der Waals surface area contributed by atoms with Crippen molar-refractivity contribution >= 4 is 11.5 Å². The Labute approximate surface area is 142 Å². The van der Waals surface area contributed by atoms with Gasteiger partial charge in [0.25, 0.3) is 0 Å². The average molecular weight is 355 g/mol. The second-order valence-electron chi connectivity index (χ2n) is 5.66. The van der Waals surface area contributed by atoms with E-state index in [9.17, 15) is 17.6 Å². The van der Waals surface area contributed by atoms with E-state index >= 15 is 0 Å². The Morgan fingerprint density at radius 1 is 1.04 bits per heavy atom. The monoisotopic (exact) mass is 355 g/mol. The lowest BCUT2D eigenvalue weighted by Gasteiger charge is -2.37. The van der Waals surface area contributed by atoms with Gasteiger partial charge in [-0.25, -0.2) is 9.37 Å². The molecule has 0 radical (unpaired) electrons. The van der Waals surface area contributed by atoms with E-state index in [0.29, 0.717) is 31.9 Å². The molecule has 1 aromatic carbocycles. The number of rotatable bonds is 3. The Kier molecular flexibility index (Phi) is 4.69. The zero-order valence-corrected chi connectivity index (χ0v) is 13.6. The van der Waals surface area contributed by atoms with Crippen LogP contribution in [0.3, 0.4) is 0 Å². The Morgan fingerprint density at radius 2 is 1.72 bits per heavy atom. The molecule has 1 fully saturated rings. The van der Waals surface area contributed by atoms with Crippen LogP contribution < -0.4 is 14.5 Å². The van der Waals surface area contributed by atoms with Gasteiger partial charge in [-0.2, -0.15) is 13.2 Å². The number of ether oxygens (including phenoxy) is 1. The molecule has 0 spiro atoms. The lowest BCUT2D eigenvalue weighted by Crippen LogP contribution is -2.47. The zero-order valence-electron chi connectivity index (χ0n) is 13.6. The summed E-state index contributed by atoms with van der Waals surface area (Å²) in [7, 11) is 1.46. The number of hydrogen-bond donors (Lipinski definition) is 0. The quantitative estimate of drug-likeness (QED) is 0.787. The summed E-state index contributed by atoms with van der Waals surface area (Å²) in [6, 6.07) is 6.57. The van der Waals surface area contributed by atoms with E-state index in [4.69, 9.17) is 4.74 Å². The van der Waals surface area contributed by atoms with Crippen molar-refractivity contribution in [2.45, 2.75) is 6.18 Å². The predicted molar refractivity (Wildman–Crippen MR) is 86.6 cm³/mol. The van der Waals surface area contributed by atoms with Gasteiger partial charge in [0.15, 0.2) is 0 Å². The van der Waals surface area contributed by atoms with Crippen LogP contribution in [0.15, 0.2) is 36.5 Å². The van der Waals surface area contributed by atoms with Gasteiger partial charge in [0.1, 0.15) is 17.4 Å². The number of alkyl halides is 3. The molecular formula is C17H17F4N3O. The van der Waals surface area contributed by atoms with Crippen molar-refractivity contribution in [3.05, 3.63) is 47.9 Å². The first kappa shape index (κ1) is 17.3. The van der Waals surface area contributed by atoms with Crippen LogP contribution in [-0.2, 0) is 6.18 Å². The smallest absolute Gasteiger partial charge is 0.419 e. The molecule has 3 rings (SSSR count). The molecule has 1 aliphatic rings. The van der Waals surface area contributed by atoms with Crippen molar-refractivity contribution in [3.8, 4) is 5.75 Å². The maximum absolute atomic E-state index is 13.3. The van der Waals surface area contributed by atoms with E-state index in [1.807, 2.05) is 4.90 Å². The lowest BCUT2D eigenvalue weighted by atomic mass is 10.2. The summed E-state index contributed by atoms with van der Waals surface area (Å²) in [5.74, 6) is -0.0504. The summed E-state index contributed by atoms with van der Waals surface area (Å²) in [4.78, 5) is 7.51. The third-order valence-electron chi connectivity index (χ3n) is 4.15. The predicted octanol–water partition coefficient (Wildman–Crippen LogP) is 3.57. The Balaban J connectivity index is 1.77. The van der Waals surface area contributed by atoms with Crippen molar-refractivity contribution in [3.63, 3.8) is 0 Å². The van der Waals surface area contributed by atoms with Crippen molar-refractivity contribution in [1.82, 2.24) is 4.98 Å². The van der Waals surface area contributed by atoms with Crippen LogP contribution in [0.2, 0.25) is 0 Å². The molecule has 0 unspecified atom stereocenters. The largest absolute Gasteiger partial charge is 0.494 e. The number of pyridine rings is 1. The van der Waals surface area contributed by atoms with Crippen molar-refractivity contribution < 1.29 is 22.3 Å². The van der Waals surface area contributed by atoms with Crippen LogP contribution in [-0.4, -0.2) is 38.3 Å². The molecule has 8 heteroatoms. The topological polar surface area (TPSA) is 28.6 Å². The molecule has 0 amide bonds. The number of methoxy groups -OCH3 is 1. The minimum absolute atomic E-state index is 0.0549. The summed E-state index contributed by atoms with van der Waals surface area (Å²) >= 11 is 0. The number of aromatic nitrogens is 1. The van der Waals surface area contributed by atoms with Crippen LogP contribution in [0.1, 0.15) is 5.56 Å². The van der Waals surface area contributed by atoms with Gasteiger partial charge in [-0.05, 0) is 24.3 Å². The maximum Gasteiger partial charge on any atom is 0.419 e. The number of nitrogens with zero attached hydrogens (tertiary/aromatic N) is 3. The highest BCUT2D eigenvalue weighted by molar-refractivity contribution is 5.60. The third-order valence-corrected chi connectivity index (χ3v) is 4.15. The number of hydrogen-bond acceptors (Lipinski definition) is 4. The van der Waals surface area contributed by atoms with Crippen LogP contribution in [0.4, 0.5) is 29.1 Å². The summed E-state index contributed by atoms with van der Waals surface area (Å²) in [6.07, 6.45) is -3.08. The molecular weight excluding hydrogens is 338 g/mol. The Bertz CT molecular complexity index is 743. The van der Waals surface area contributed by atoms with Gasteiger partial charge in [0.05, 0.1) is 18.4 Å². The van der Waals surface area contributed by atoms with Crippen LogP contribution in [0.5, 0.6) is 5.75 Å². The zero-order chi connectivity index (χ0) is 18.0. The van der Waals surface area contributed by atoms with Gasteiger partial charge >= 0.3 is 6.18 Å². The van der Waals surface area contributed by atoms with E-state index < -0.39 is 17.6 Å². The SMILES string of the molecule is COc1cc(F)ccc1N1CCN(c2ncccc2C(F)(F)F)CC1. The summed E-state index contributed by atoms with van der Waals surface area (Å²) in [6.45, 7) is 1.72. The Morgan fingerprint density at radius 3 is 2.36 bits per heavy atom. The van der Waals surface area contributed by atoms with Gasteiger partial charge in [0.2, 0.25) is 0 Å². The first-order valence-electron chi connectivity index (χ1n) is 7.76. The molecule has 2 aromatic rings. The molecule has 0 N–H and O–H groups in total. The van der Waals surface area contributed by atoms with Gasteiger partial charge in [-0.1, -0.05) is 0 Å². The van der Waals surface area contributed by atoms with E-state index in [2.05, 4.69) is 4.98 Å². The molecule has 1 aliphatic heterocycles. The van der Waals surface area contributed by atoms with E-state index in [0.717, 1.165) is 11.8 Å². The number of benzene rings is 1. The van der Waals surface area contributed by atoms with Crippen molar-refractivity contribution in [1.29, 1.82) is 0 Å². The highest BCUT2D eigenvalue weighted by atomic mass is 19.4. The van der Waals surface area contributed by atoms with E-state index in [1.165, 1.54) is 31.5 Å². The fraction of sp³-hybridized carbons (Fsp3) is 0.353. The Hall–Kier alpha value is -2.51. The molecule has 25 heavy (non-hydrogen) atoms. The molecule has 0 saturated carbocycles. The highest BCUT2D eigenvalue weighted by Crippen LogP contribution is 2.36. The first-order chi connectivity index (χ1) is 11.9. The average Bonchev–Trinajstić information content (AvgIpc) is 2.61. The second-order valence-corrected chi connectivity index (χ2v) is 5.66. The summed E-state index contributed by atoms with van der Waals surface area (Å²) < 4.78 is 58.0. The van der Waals surface area contributed by atoms with Crippen LogP contribution in [0, 0.1) is 5.82 Å². The van der Waals surface area contributed by atoms with Crippen LogP contribution in [0.25, 0.3) is 0 Å². The molecule has 4 nitrogen and oxygen atoms in total. The highest BCUT2D eigenvalue weighted by Gasteiger charge is 2.36. The fourth-order valence-electron chi connectivity index (χ4n) is 2.94.